The second-order valence-corrected chi connectivity index (χ2v) is 5.53. The van der Waals surface area contributed by atoms with E-state index >= 15 is 0 Å². The monoisotopic (exact) mass is 240 g/mol. The molecule has 1 aromatic rings. The van der Waals surface area contributed by atoms with Crippen LogP contribution in [0, 0.1) is 12.8 Å². The lowest BCUT2D eigenvalue weighted by Gasteiger charge is -2.09. The van der Waals surface area contributed by atoms with E-state index in [4.69, 9.17) is 5.73 Å². The van der Waals surface area contributed by atoms with Gasteiger partial charge >= 0.3 is 0 Å². The van der Waals surface area contributed by atoms with Crippen molar-refractivity contribution < 1.29 is 0 Å². The molecule has 0 aliphatic rings. The second-order valence-electron chi connectivity index (χ2n) is 4.53. The van der Waals surface area contributed by atoms with E-state index in [0.29, 0.717) is 0 Å². The molecular formula is C13H24N2S. The molecule has 16 heavy (non-hydrogen) atoms. The van der Waals surface area contributed by atoms with E-state index < -0.39 is 0 Å². The van der Waals surface area contributed by atoms with Gasteiger partial charge in [-0.2, -0.15) is 0 Å². The van der Waals surface area contributed by atoms with Gasteiger partial charge in [0.15, 0.2) is 0 Å². The molecule has 0 spiro atoms. The van der Waals surface area contributed by atoms with E-state index in [-0.39, 0.29) is 0 Å². The van der Waals surface area contributed by atoms with Crippen LogP contribution in [-0.4, -0.2) is 13.1 Å². The molecule has 1 unspecified atom stereocenters. The summed E-state index contributed by atoms with van der Waals surface area (Å²) < 4.78 is 0. The summed E-state index contributed by atoms with van der Waals surface area (Å²) in [7, 11) is 0. The quantitative estimate of drug-likeness (QED) is 0.686. The summed E-state index contributed by atoms with van der Waals surface area (Å²) in [5.74, 6) is 0.773. The summed E-state index contributed by atoms with van der Waals surface area (Å²) in [6, 6.07) is 2.19. The van der Waals surface area contributed by atoms with Crippen molar-refractivity contribution in [1.82, 2.24) is 5.32 Å². The molecule has 2 nitrogen and oxygen atoms in total. The van der Waals surface area contributed by atoms with Gasteiger partial charge in [0.25, 0.3) is 0 Å². The molecular weight excluding hydrogens is 216 g/mol. The van der Waals surface area contributed by atoms with Gasteiger partial charge in [-0.05, 0) is 62.2 Å². The van der Waals surface area contributed by atoms with Crippen LogP contribution in [0.15, 0.2) is 11.4 Å². The summed E-state index contributed by atoms with van der Waals surface area (Å²) in [6.45, 7) is 7.43. The molecule has 0 aliphatic carbocycles. The van der Waals surface area contributed by atoms with E-state index in [1.807, 2.05) is 11.3 Å². The molecule has 3 N–H and O–H groups in total. The molecule has 0 aromatic carbocycles. The van der Waals surface area contributed by atoms with E-state index in [1.165, 1.54) is 23.3 Å². The van der Waals surface area contributed by atoms with Crippen LogP contribution in [0.5, 0.6) is 0 Å². The maximum Gasteiger partial charge on any atom is 0.0302 e. The van der Waals surface area contributed by atoms with Crippen molar-refractivity contribution in [3.8, 4) is 0 Å². The molecule has 0 radical (unpaired) electrons. The third-order valence-corrected chi connectivity index (χ3v) is 3.99. The minimum Gasteiger partial charge on any atom is -0.330 e. The van der Waals surface area contributed by atoms with Crippen LogP contribution in [0.1, 0.15) is 36.6 Å². The maximum absolute atomic E-state index is 5.53. The highest BCUT2D eigenvalue weighted by molar-refractivity contribution is 7.10. The van der Waals surface area contributed by atoms with Crippen molar-refractivity contribution in [2.24, 2.45) is 11.7 Å². The molecule has 0 saturated heterocycles. The molecule has 3 heteroatoms. The Balaban J connectivity index is 2.02. The van der Waals surface area contributed by atoms with Crippen LogP contribution < -0.4 is 11.1 Å². The Morgan fingerprint density at radius 1 is 1.44 bits per heavy atom. The standard InChI is InChI=1S/C13H24N2S/c1-11(5-7-14)4-3-8-15-10-13-12(2)6-9-16-13/h6,9,11,15H,3-5,7-8,10,14H2,1-2H3. The van der Waals surface area contributed by atoms with Crippen molar-refractivity contribution in [3.63, 3.8) is 0 Å². The predicted molar refractivity (Wildman–Crippen MR) is 72.8 cm³/mol. The summed E-state index contributed by atoms with van der Waals surface area (Å²) >= 11 is 1.84. The van der Waals surface area contributed by atoms with Gasteiger partial charge in [-0.15, -0.1) is 11.3 Å². The van der Waals surface area contributed by atoms with Crippen molar-refractivity contribution in [2.45, 2.75) is 39.7 Å². The van der Waals surface area contributed by atoms with Crippen LogP contribution in [0.2, 0.25) is 0 Å². The minimum atomic E-state index is 0.773. The van der Waals surface area contributed by atoms with Crippen molar-refractivity contribution in [3.05, 3.63) is 21.9 Å². The van der Waals surface area contributed by atoms with Gasteiger partial charge in [0, 0.05) is 11.4 Å². The molecule has 0 bridgehead atoms. The summed E-state index contributed by atoms with van der Waals surface area (Å²) in [5, 5.41) is 5.67. The Hall–Kier alpha value is -0.380. The van der Waals surface area contributed by atoms with Gasteiger partial charge in [-0.1, -0.05) is 6.92 Å². The highest BCUT2D eigenvalue weighted by Gasteiger charge is 2.01. The third-order valence-electron chi connectivity index (χ3n) is 2.96. The fraction of sp³-hybridized carbons (Fsp3) is 0.692. The van der Waals surface area contributed by atoms with E-state index in [0.717, 1.165) is 32.0 Å². The second kappa shape index (κ2) is 7.82. The zero-order valence-corrected chi connectivity index (χ0v) is 11.3. The average molecular weight is 240 g/mol. The predicted octanol–water partition coefficient (Wildman–Crippen LogP) is 2.91. The number of nitrogens with two attached hydrogens (primary N) is 1. The molecule has 1 heterocycles. The van der Waals surface area contributed by atoms with Crippen LogP contribution in [0.25, 0.3) is 0 Å². The normalized spacial score (nSPS) is 12.9. The first-order valence-electron chi connectivity index (χ1n) is 6.17. The molecule has 0 fully saturated rings. The van der Waals surface area contributed by atoms with Crippen molar-refractivity contribution in [1.29, 1.82) is 0 Å². The van der Waals surface area contributed by atoms with Gasteiger partial charge < -0.3 is 11.1 Å². The van der Waals surface area contributed by atoms with Crippen LogP contribution in [0.4, 0.5) is 0 Å². The molecule has 0 saturated carbocycles. The van der Waals surface area contributed by atoms with Gasteiger partial charge in [0.1, 0.15) is 0 Å². The number of rotatable bonds is 8. The Morgan fingerprint density at radius 3 is 2.88 bits per heavy atom. The fourth-order valence-corrected chi connectivity index (χ4v) is 2.67. The maximum atomic E-state index is 5.53. The highest BCUT2D eigenvalue weighted by atomic mass is 32.1. The Morgan fingerprint density at radius 2 is 2.25 bits per heavy atom. The van der Waals surface area contributed by atoms with E-state index in [9.17, 15) is 0 Å². The Labute approximate surface area is 103 Å². The first-order chi connectivity index (χ1) is 7.74. The van der Waals surface area contributed by atoms with Gasteiger partial charge in [-0.25, -0.2) is 0 Å². The molecule has 92 valence electrons. The fourth-order valence-electron chi connectivity index (χ4n) is 1.79. The lowest BCUT2D eigenvalue weighted by molar-refractivity contribution is 0.469. The number of aryl methyl sites for hydroxylation is 1. The van der Waals surface area contributed by atoms with E-state index in [2.05, 4.69) is 30.6 Å². The largest absolute Gasteiger partial charge is 0.330 e. The van der Waals surface area contributed by atoms with Crippen LogP contribution in [-0.2, 0) is 6.54 Å². The Kier molecular flexibility index (Phi) is 6.69. The number of thiophene rings is 1. The number of hydrogen-bond donors (Lipinski definition) is 2. The molecule has 0 amide bonds. The Bertz CT molecular complexity index is 283. The zero-order valence-electron chi connectivity index (χ0n) is 10.5. The first-order valence-corrected chi connectivity index (χ1v) is 7.05. The van der Waals surface area contributed by atoms with Gasteiger partial charge in [0.2, 0.25) is 0 Å². The summed E-state index contributed by atoms with van der Waals surface area (Å²) in [4.78, 5) is 1.47. The van der Waals surface area contributed by atoms with Crippen LogP contribution in [0.3, 0.4) is 0 Å². The molecule has 1 atom stereocenters. The smallest absolute Gasteiger partial charge is 0.0302 e. The zero-order chi connectivity index (χ0) is 11.8. The van der Waals surface area contributed by atoms with Crippen molar-refractivity contribution >= 4 is 11.3 Å². The topological polar surface area (TPSA) is 38.0 Å². The van der Waals surface area contributed by atoms with Gasteiger partial charge in [-0.3, -0.25) is 0 Å². The lowest BCUT2D eigenvalue weighted by atomic mass is 10.0. The molecule has 1 rings (SSSR count). The first kappa shape index (κ1) is 13.7. The highest BCUT2D eigenvalue weighted by Crippen LogP contribution is 2.15. The molecule has 1 aromatic heterocycles. The van der Waals surface area contributed by atoms with Crippen molar-refractivity contribution in [2.75, 3.05) is 13.1 Å². The number of hydrogen-bond acceptors (Lipinski definition) is 3. The number of nitrogens with one attached hydrogen (secondary N) is 1. The average Bonchev–Trinajstić information content (AvgIpc) is 2.64. The van der Waals surface area contributed by atoms with E-state index in [1.54, 1.807) is 0 Å². The van der Waals surface area contributed by atoms with Gasteiger partial charge in [0.05, 0.1) is 0 Å². The molecule has 0 aliphatic heterocycles. The minimum absolute atomic E-state index is 0.773. The third kappa shape index (κ3) is 5.10. The summed E-state index contributed by atoms with van der Waals surface area (Å²) in [6.07, 6.45) is 3.70. The summed E-state index contributed by atoms with van der Waals surface area (Å²) in [5.41, 5.74) is 6.94. The SMILES string of the molecule is Cc1ccsc1CNCCCC(C)CCN. The van der Waals surface area contributed by atoms with Crippen LogP contribution >= 0.6 is 11.3 Å². The lowest BCUT2D eigenvalue weighted by Crippen LogP contribution is -2.15.